The van der Waals surface area contributed by atoms with Crippen molar-refractivity contribution in [2.45, 2.75) is 70.0 Å². The number of likely N-dealkylation sites (tertiary alicyclic amines) is 1. The molecule has 37 heavy (non-hydrogen) atoms. The van der Waals surface area contributed by atoms with Gasteiger partial charge in [0.25, 0.3) is 0 Å². The number of benzene rings is 2. The summed E-state index contributed by atoms with van der Waals surface area (Å²) in [5, 5.41) is 6.96. The molecule has 8 heteroatoms. The molecule has 2 amide bonds. The van der Waals surface area contributed by atoms with Gasteiger partial charge >= 0.3 is 0 Å². The SMILES string of the molecule is CNC(C)C(=O)NC(C(=O)N1CCCC1c1nc2c(-c3ccccc3F)cccc2s1)C1CCCCC1. The van der Waals surface area contributed by atoms with Gasteiger partial charge in [0.05, 0.1) is 22.3 Å². The van der Waals surface area contributed by atoms with E-state index in [1.165, 1.54) is 12.5 Å². The summed E-state index contributed by atoms with van der Waals surface area (Å²) in [4.78, 5) is 33.8. The first-order chi connectivity index (χ1) is 18.0. The number of likely N-dealkylation sites (N-methyl/N-ethyl adjacent to an activating group) is 1. The van der Waals surface area contributed by atoms with Gasteiger partial charge in [0.2, 0.25) is 11.8 Å². The van der Waals surface area contributed by atoms with Gasteiger partial charge < -0.3 is 15.5 Å². The molecule has 1 saturated carbocycles. The van der Waals surface area contributed by atoms with Crippen LogP contribution in [0.1, 0.15) is 62.9 Å². The monoisotopic (exact) mass is 522 g/mol. The number of halogens is 1. The van der Waals surface area contributed by atoms with Crippen molar-refractivity contribution in [2.75, 3.05) is 13.6 Å². The number of aromatic nitrogens is 1. The Morgan fingerprint density at radius 1 is 1.03 bits per heavy atom. The molecule has 5 rings (SSSR count). The van der Waals surface area contributed by atoms with Gasteiger partial charge in [-0.15, -0.1) is 11.3 Å². The van der Waals surface area contributed by atoms with Crippen LogP contribution in [0.4, 0.5) is 4.39 Å². The summed E-state index contributed by atoms with van der Waals surface area (Å²) in [7, 11) is 1.75. The topological polar surface area (TPSA) is 74.3 Å². The molecule has 0 spiro atoms. The standard InChI is InChI=1S/C29H35FN4O2S/c1-18(31-2)27(35)32-25(19-10-4-3-5-11-19)29(36)34-17-9-15-23(34)28-33-26-21(13-8-16-24(26)37-28)20-12-6-7-14-22(20)30/h6-8,12-14,16,18-19,23,25,31H,3-5,9-11,15,17H2,1-2H3,(H,32,35). The van der Waals surface area contributed by atoms with Gasteiger partial charge in [-0.1, -0.05) is 49.6 Å². The van der Waals surface area contributed by atoms with Crippen LogP contribution in [0.2, 0.25) is 0 Å². The van der Waals surface area contributed by atoms with E-state index >= 15 is 0 Å². The zero-order valence-electron chi connectivity index (χ0n) is 21.5. The molecule has 3 unspecified atom stereocenters. The second-order valence-electron chi connectivity index (χ2n) is 10.3. The molecule has 1 saturated heterocycles. The van der Waals surface area contributed by atoms with Crippen LogP contribution < -0.4 is 10.6 Å². The number of carbonyl (C=O) groups is 2. The van der Waals surface area contributed by atoms with Crippen molar-refractivity contribution in [3.8, 4) is 11.1 Å². The predicted molar refractivity (Wildman–Crippen MR) is 146 cm³/mol. The van der Waals surface area contributed by atoms with Crippen LogP contribution >= 0.6 is 11.3 Å². The lowest BCUT2D eigenvalue weighted by Gasteiger charge is -2.35. The van der Waals surface area contributed by atoms with Crippen LogP contribution in [0.3, 0.4) is 0 Å². The molecule has 6 nitrogen and oxygen atoms in total. The summed E-state index contributed by atoms with van der Waals surface area (Å²) in [6.07, 6.45) is 6.99. The minimum Gasteiger partial charge on any atom is -0.343 e. The van der Waals surface area contributed by atoms with E-state index in [0.29, 0.717) is 12.1 Å². The highest BCUT2D eigenvalue weighted by Gasteiger charge is 2.40. The summed E-state index contributed by atoms with van der Waals surface area (Å²) in [6, 6.07) is 11.6. The smallest absolute Gasteiger partial charge is 0.246 e. The van der Waals surface area contributed by atoms with Crippen molar-refractivity contribution >= 4 is 33.4 Å². The molecule has 1 aromatic heterocycles. The summed E-state index contributed by atoms with van der Waals surface area (Å²) in [5.74, 6) is -0.265. The molecule has 2 fully saturated rings. The van der Waals surface area contributed by atoms with E-state index in [1.54, 1.807) is 30.5 Å². The number of fused-ring (bicyclic) bond motifs is 1. The van der Waals surface area contributed by atoms with Crippen molar-refractivity contribution in [2.24, 2.45) is 5.92 Å². The minimum atomic E-state index is -0.521. The second-order valence-corrected chi connectivity index (χ2v) is 11.3. The Kier molecular flexibility index (Phi) is 7.86. The first-order valence-electron chi connectivity index (χ1n) is 13.4. The zero-order valence-corrected chi connectivity index (χ0v) is 22.3. The fraction of sp³-hybridized carbons (Fsp3) is 0.483. The van der Waals surface area contributed by atoms with Gasteiger partial charge in [0, 0.05) is 17.7 Å². The number of nitrogens with zero attached hydrogens (tertiary/aromatic N) is 2. The van der Waals surface area contributed by atoms with Crippen LogP contribution in [0.5, 0.6) is 0 Å². The van der Waals surface area contributed by atoms with Gasteiger partial charge in [-0.05, 0) is 57.7 Å². The van der Waals surface area contributed by atoms with Crippen molar-refractivity contribution in [3.63, 3.8) is 0 Å². The van der Waals surface area contributed by atoms with Gasteiger partial charge in [-0.2, -0.15) is 0 Å². The Hall–Kier alpha value is -2.84. The Balaban J connectivity index is 1.45. The molecular weight excluding hydrogens is 487 g/mol. The molecule has 2 aromatic carbocycles. The number of hydrogen-bond donors (Lipinski definition) is 2. The quantitative estimate of drug-likeness (QED) is 0.433. The van der Waals surface area contributed by atoms with E-state index in [9.17, 15) is 14.0 Å². The van der Waals surface area contributed by atoms with Crippen molar-refractivity contribution < 1.29 is 14.0 Å². The molecule has 2 aliphatic rings. The van der Waals surface area contributed by atoms with E-state index < -0.39 is 6.04 Å². The van der Waals surface area contributed by atoms with E-state index in [0.717, 1.165) is 59.3 Å². The van der Waals surface area contributed by atoms with Gasteiger partial charge in [-0.25, -0.2) is 9.37 Å². The van der Waals surface area contributed by atoms with Gasteiger partial charge in [0.15, 0.2) is 0 Å². The van der Waals surface area contributed by atoms with Gasteiger partial charge in [-0.3, -0.25) is 9.59 Å². The van der Waals surface area contributed by atoms with E-state index in [4.69, 9.17) is 4.98 Å². The fourth-order valence-electron chi connectivity index (χ4n) is 5.73. The summed E-state index contributed by atoms with van der Waals surface area (Å²) < 4.78 is 15.6. The largest absolute Gasteiger partial charge is 0.343 e. The number of carbonyl (C=O) groups excluding carboxylic acids is 2. The number of nitrogens with one attached hydrogen (secondary N) is 2. The Morgan fingerprint density at radius 2 is 1.78 bits per heavy atom. The Labute approximate surface area is 221 Å². The highest BCUT2D eigenvalue weighted by Crippen LogP contribution is 2.40. The van der Waals surface area contributed by atoms with E-state index in [-0.39, 0.29) is 35.6 Å². The fourth-order valence-corrected chi connectivity index (χ4v) is 6.87. The molecule has 3 atom stereocenters. The van der Waals surface area contributed by atoms with Crippen LogP contribution in [-0.2, 0) is 9.59 Å². The lowest BCUT2D eigenvalue weighted by Crippen LogP contribution is -2.55. The van der Waals surface area contributed by atoms with E-state index in [2.05, 4.69) is 10.6 Å². The molecule has 0 radical (unpaired) electrons. The third kappa shape index (κ3) is 5.27. The molecule has 196 valence electrons. The molecule has 1 aliphatic carbocycles. The second kappa shape index (κ2) is 11.3. The molecule has 3 aromatic rings. The lowest BCUT2D eigenvalue weighted by molar-refractivity contribution is -0.139. The first kappa shape index (κ1) is 25.8. The molecular formula is C29H35FN4O2S. The normalized spacial score (nSPS) is 20.2. The average molecular weight is 523 g/mol. The van der Waals surface area contributed by atoms with Crippen LogP contribution in [-0.4, -0.2) is 47.4 Å². The molecule has 2 N–H and O–H groups in total. The first-order valence-corrected chi connectivity index (χ1v) is 14.2. The molecule has 1 aliphatic heterocycles. The van der Waals surface area contributed by atoms with Crippen LogP contribution in [0, 0.1) is 11.7 Å². The number of amides is 2. The zero-order chi connectivity index (χ0) is 25.9. The number of thiazole rings is 1. The van der Waals surface area contributed by atoms with Crippen molar-refractivity contribution in [1.82, 2.24) is 20.5 Å². The number of hydrogen-bond acceptors (Lipinski definition) is 5. The number of para-hydroxylation sites is 1. The highest BCUT2D eigenvalue weighted by molar-refractivity contribution is 7.18. The van der Waals surface area contributed by atoms with E-state index in [1.807, 2.05) is 36.1 Å². The van der Waals surface area contributed by atoms with Gasteiger partial charge in [0.1, 0.15) is 16.9 Å². The summed E-state index contributed by atoms with van der Waals surface area (Å²) >= 11 is 1.58. The Morgan fingerprint density at radius 3 is 2.54 bits per heavy atom. The third-order valence-electron chi connectivity index (χ3n) is 7.93. The predicted octanol–water partition coefficient (Wildman–Crippen LogP) is 5.44. The summed E-state index contributed by atoms with van der Waals surface area (Å²) in [5.41, 5.74) is 2.07. The third-order valence-corrected chi connectivity index (χ3v) is 9.05. The maximum Gasteiger partial charge on any atom is 0.246 e. The number of rotatable bonds is 7. The highest BCUT2D eigenvalue weighted by atomic mass is 32.1. The maximum atomic E-state index is 14.6. The maximum absolute atomic E-state index is 14.6. The molecule has 0 bridgehead atoms. The summed E-state index contributed by atoms with van der Waals surface area (Å²) in [6.45, 7) is 2.46. The van der Waals surface area contributed by atoms with Crippen LogP contribution in [0.15, 0.2) is 42.5 Å². The Bertz CT molecular complexity index is 1270. The van der Waals surface area contributed by atoms with Crippen molar-refractivity contribution in [3.05, 3.63) is 53.3 Å². The minimum absolute atomic E-state index is 0.000337. The van der Waals surface area contributed by atoms with Crippen LogP contribution in [0.25, 0.3) is 21.3 Å². The average Bonchev–Trinajstić information content (AvgIpc) is 3.59. The van der Waals surface area contributed by atoms with Crippen molar-refractivity contribution in [1.29, 1.82) is 0 Å². The molecule has 2 heterocycles. The lowest BCUT2D eigenvalue weighted by atomic mass is 9.83.